The van der Waals surface area contributed by atoms with Crippen molar-refractivity contribution in [1.29, 1.82) is 0 Å². The molecule has 8 heteroatoms. The zero-order chi connectivity index (χ0) is 20.1. The number of methoxy groups -OCH3 is 2. The molecule has 3 rings (SSSR count). The normalized spacial score (nSPS) is 17.3. The van der Waals surface area contributed by atoms with Crippen molar-refractivity contribution in [2.75, 3.05) is 19.5 Å². The number of anilines is 1. The first kappa shape index (κ1) is 19.8. The van der Waals surface area contributed by atoms with Gasteiger partial charge in [0, 0.05) is 12.5 Å². The van der Waals surface area contributed by atoms with Gasteiger partial charge in [0.25, 0.3) is 0 Å². The van der Waals surface area contributed by atoms with Crippen molar-refractivity contribution in [2.24, 2.45) is 4.99 Å². The largest absolute Gasteiger partial charge is 0.497 e. The Labute approximate surface area is 167 Å². The smallest absolute Gasteiger partial charge is 0.240 e. The second-order valence-electron chi connectivity index (χ2n) is 6.17. The van der Waals surface area contributed by atoms with Crippen molar-refractivity contribution in [3.8, 4) is 11.5 Å². The number of amides is 2. The lowest BCUT2D eigenvalue weighted by molar-refractivity contribution is -0.122. The third kappa shape index (κ3) is 4.83. The van der Waals surface area contributed by atoms with Gasteiger partial charge in [-0.05, 0) is 31.2 Å². The molecule has 28 heavy (non-hydrogen) atoms. The van der Waals surface area contributed by atoms with Crippen LogP contribution in [0.1, 0.15) is 12.0 Å². The topological polar surface area (TPSA) is 89.0 Å². The molecule has 1 fully saturated rings. The van der Waals surface area contributed by atoms with Crippen molar-refractivity contribution in [3.63, 3.8) is 0 Å². The molecule has 2 aromatic rings. The molecular formula is C20H21N3O4S. The number of ether oxygens (including phenoxy) is 2. The molecule has 0 bridgehead atoms. The zero-order valence-electron chi connectivity index (χ0n) is 15.8. The maximum Gasteiger partial charge on any atom is 0.240 e. The van der Waals surface area contributed by atoms with Gasteiger partial charge in [-0.25, -0.2) is 4.99 Å². The fourth-order valence-corrected chi connectivity index (χ4v) is 3.60. The van der Waals surface area contributed by atoms with Crippen molar-refractivity contribution in [2.45, 2.75) is 18.6 Å². The second kappa shape index (κ2) is 8.79. The van der Waals surface area contributed by atoms with E-state index in [1.807, 2.05) is 31.2 Å². The number of amidine groups is 1. The van der Waals surface area contributed by atoms with Gasteiger partial charge in [0.15, 0.2) is 5.17 Å². The van der Waals surface area contributed by atoms with Crippen LogP contribution in [0.2, 0.25) is 0 Å². The van der Waals surface area contributed by atoms with E-state index >= 15 is 0 Å². The molecule has 1 aliphatic heterocycles. The molecule has 146 valence electrons. The van der Waals surface area contributed by atoms with Gasteiger partial charge >= 0.3 is 0 Å². The van der Waals surface area contributed by atoms with E-state index in [4.69, 9.17) is 9.47 Å². The summed E-state index contributed by atoms with van der Waals surface area (Å²) < 4.78 is 10.4. The number of aliphatic imine (C=N–C) groups is 1. The van der Waals surface area contributed by atoms with Crippen molar-refractivity contribution < 1.29 is 19.1 Å². The van der Waals surface area contributed by atoms with Gasteiger partial charge in [0.2, 0.25) is 11.8 Å². The molecule has 0 spiro atoms. The van der Waals surface area contributed by atoms with Gasteiger partial charge in [-0.2, -0.15) is 0 Å². The number of nitrogens with zero attached hydrogens (tertiary/aromatic N) is 1. The first-order valence-electron chi connectivity index (χ1n) is 8.63. The Kier molecular flexibility index (Phi) is 6.20. The lowest BCUT2D eigenvalue weighted by atomic mass is 10.2. The van der Waals surface area contributed by atoms with Crippen molar-refractivity contribution >= 4 is 40.1 Å². The molecule has 1 atom stereocenters. The second-order valence-corrected chi connectivity index (χ2v) is 7.36. The zero-order valence-corrected chi connectivity index (χ0v) is 16.6. The Morgan fingerprint density at radius 1 is 1.18 bits per heavy atom. The van der Waals surface area contributed by atoms with Crippen LogP contribution in [-0.4, -0.2) is 36.5 Å². The molecule has 0 aromatic heterocycles. The molecule has 0 unspecified atom stereocenters. The average molecular weight is 399 g/mol. The Balaban J connectivity index is 1.64. The van der Waals surface area contributed by atoms with Crippen LogP contribution in [0.5, 0.6) is 11.5 Å². The number of aryl methyl sites for hydroxylation is 1. The minimum Gasteiger partial charge on any atom is -0.497 e. The van der Waals surface area contributed by atoms with Gasteiger partial charge in [-0.3, -0.25) is 9.59 Å². The Morgan fingerprint density at radius 3 is 2.61 bits per heavy atom. The quantitative estimate of drug-likeness (QED) is 0.778. The van der Waals surface area contributed by atoms with E-state index in [0.717, 1.165) is 11.3 Å². The Morgan fingerprint density at radius 2 is 1.93 bits per heavy atom. The predicted octanol–water partition coefficient (Wildman–Crippen LogP) is 3.26. The van der Waals surface area contributed by atoms with Crippen LogP contribution in [0, 0.1) is 6.92 Å². The Bertz CT molecular complexity index is 912. The van der Waals surface area contributed by atoms with E-state index in [2.05, 4.69) is 15.6 Å². The summed E-state index contributed by atoms with van der Waals surface area (Å²) in [6.07, 6.45) is 0.0176. The van der Waals surface area contributed by atoms with Gasteiger partial charge in [-0.15, -0.1) is 0 Å². The highest BCUT2D eigenvalue weighted by atomic mass is 32.2. The maximum atomic E-state index is 12.4. The number of benzene rings is 2. The maximum absolute atomic E-state index is 12.4. The Hall–Kier alpha value is -3.00. The highest BCUT2D eigenvalue weighted by Crippen LogP contribution is 2.30. The van der Waals surface area contributed by atoms with E-state index in [1.54, 1.807) is 25.3 Å². The van der Waals surface area contributed by atoms with Crippen LogP contribution in [0.3, 0.4) is 0 Å². The summed E-state index contributed by atoms with van der Waals surface area (Å²) in [5.41, 5.74) is 2.37. The van der Waals surface area contributed by atoms with Crippen LogP contribution in [0.15, 0.2) is 47.5 Å². The highest BCUT2D eigenvalue weighted by Gasteiger charge is 2.32. The van der Waals surface area contributed by atoms with Gasteiger partial charge in [0.05, 0.1) is 25.6 Å². The average Bonchev–Trinajstić information content (AvgIpc) is 3.02. The number of carbonyl (C=O) groups excluding carboxylic acids is 2. The number of thioether (sulfide) groups is 1. The third-order valence-corrected chi connectivity index (χ3v) is 5.17. The van der Waals surface area contributed by atoms with Gasteiger partial charge in [0.1, 0.15) is 16.7 Å². The minimum atomic E-state index is -0.541. The fourth-order valence-electron chi connectivity index (χ4n) is 2.61. The number of nitrogens with one attached hydrogen (secondary N) is 2. The van der Waals surface area contributed by atoms with E-state index in [1.165, 1.54) is 18.9 Å². The fraction of sp³-hybridized carbons (Fsp3) is 0.250. The van der Waals surface area contributed by atoms with Crippen LogP contribution in [-0.2, 0) is 9.59 Å². The molecule has 0 aliphatic carbocycles. The SMILES string of the molecule is COc1ccc(OC)c(NC(=O)C[C@@H]2SC(=Nc3ccc(C)cc3)NC2=O)c1. The summed E-state index contributed by atoms with van der Waals surface area (Å²) >= 11 is 1.25. The first-order chi connectivity index (χ1) is 13.5. The van der Waals surface area contributed by atoms with E-state index in [0.29, 0.717) is 22.4 Å². The molecule has 2 N–H and O–H groups in total. The van der Waals surface area contributed by atoms with E-state index in [-0.39, 0.29) is 18.2 Å². The van der Waals surface area contributed by atoms with Crippen molar-refractivity contribution in [1.82, 2.24) is 5.32 Å². The summed E-state index contributed by atoms with van der Waals surface area (Å²) in [4.78, 5) is 29.1. The number of rotatable bonds is 6. The van der Waals surface area contributed by atoms with Crippen LogP contribution in [0.4, 0.5) is 11.4 Å². The van der Waals surface area contributed by atoms with Crippen LogP contribution in [0.25, 0.3) is 0 Å². The van der Waals surface area contributed by atoms with Crippen LogP contribution < -0.4 is 20.1 Å². The standard InChI is InChI=1S/C20H21N3O4S/c1-12-4-6-13(7-5-12)21-20-23-19(25)17(28-20)11-18(24)22-15-10-14(26-2)8-9-16(15)27-3/h4-10,17H,11H2,1-3H3,(H,22,24)(H,21,23,25)/t17-/m0/s1. The highest BCUT2D eigenvalue weighted by molar-refractivity contribution is 8.15. The number of hydrogen-bond donors (Lipinski definition) is 2. The molecule has 7 nitrogen and oxygen atoms in total. The predicted molar refractivity (Wildman–Crippen MR) is 111 cm³/mol. The molecule has 1 heterocycles. The minimum absolute atomic E-state index is 0.0176. The van der Waals surface area contributed by atoms with Crippen LogP contribution >= 0.6 is 11.8 Å². The summed E-state index contributed by atoms with van der Waals surface area (Å²) in [5, 5.41) is 5.45. The molecule has 0 saturated carbocycles. The van der Waals surface area contributed by atoms with Gasteiger partial charge < -0.3 is 20.1 Å². The van der Waals surface area contributed by atoms with E-state index < -0.39 is 5.25 Å². The molecule has 0 radical (unpaired) electrons. The molecule has 2 aromatic carbocycles. The summed E-state index contributed by atoms with van der Waals surface area (Å²) in [6, 6.07) is 12.8. The van der Waals surface area contributed by atoms with Crippen molar-refractivity contribution in [3.05, 3.63) is 48.0 Å². The van der Waals surface area contributed by atoms with E-state index in [9.17, 15) is 9.59 Å². The molecule has 1 saturated heterocycles. The number of carbonyl (C=O) groups is 2. The molecule has 2 amide bonds. The molecular weight excluding hydrogens is 378 g/mol. The lowest BCUT2D eigenvalue weighted by Gasteiger charge is -2.12. The monoisotopic (exact) mass is 399 g/mol. The summed E-state index contributed by atoms with van der Waals surface area (Å²) in [6.45, 7) is 2.00. The summed E-state index contributed by atoms with van der Waals surface area (Å²) in [5.74, 6) is 0.579. The summed E-state index contributed by atoms with van der Waals surface area (Å²) in [7, 11) is 3.06. The number of hydrogen-bond acceptors (Lipinski definition) is 6. The van der Waals surface area contributed by atoms with Gasteiger partial charge in [-0.1, -0.05) is 29.5 Å². The third-order valence-electron chi connectivity index (χ3n) is 4.09. The molecule has 1 aliphatic rings. The first-order valence-corrected chi connectivity index (χ1v) is 9.51. The lowest BCUT2D eigenvalue weighted by Crippen LogP contribution is -2.28.